The molecule has 0 spiro atoms. The molecule has 21 heavy (non-hydrogen) atoms. The van der Waals surface area contributed by atoms with Crippen LogP contribution in [0.3, 0.4) is 0 Å². The number of unbranched alkanes of at least 4 members (excludes halogenated alkanes) is 2. The smallest absolute Gasteiger partial charge is 0.0629 e. The Morgan fingerprint density at radius 2 is 1.81 bits per heavy atom. The number of aryl methyl sites for hydroxylation is 1. The van der Waals surface area contributed by atoms with E-state index in [1.54, 1.807) is 0 Å². The molecule has 0 amide bonds. The molecule has 114 valence electrons. The lowest BCUT2D eigenvalue weighted by molar-refractivity contribution is 0.554. The van der Waals surface area contributed by atoms with E-state index in [0.717, 1.165) is 0 Å². The summed E-state index contributed by atoms with van der Waals surface area (Å²) >= 11 is 1.83. The minimum Gasteiger partial charge on any atom is -0.377 e. The number of thiophene rings is 1. The average Bonchev–Trinajstić information content (AvgIpc) is 3.00. The quantitative estimate of drug-likeness (QED) is 0.565. The number of anilines is 1. The maximum atomic E-state index is 3.69. The fraction of sp³-hybridized carbons (Fsp3) is 0.474. The molecule has 0 aliphatic carbocycles. The molecule has 0 radical (unpaired) electrons. The molecule has 1 aromatic carbocycles. The SMILES string of the molecule is CCCCCc1ccc(NC(c2cccs2)C(C)C)cc1. The number of rotatable bonds is 8. The number of nitrogens with one attached hydrogen (secondary N) is 1. The zero-order chi connectivity index (χ0) is 15.1. The fourth-order valence-electron chi connectivity index (χ4n) is 2.56. The van der Waals surface area contributed by atoms with Gasteiger partial charge in [0.25, 0.3) is 0 Å². The third-order valence-electron chi connectivity index (χ3n) is 3.86. The van der Waals surface area contributed by atoms with Gasteiger partial charge in [0.2, 0.25) is 0 Å². The number of hydrogen-bond acceptors (Lipinski definition) is 2. The van der Waals surface area contributed by atoms with Crippen LogP contribution in [0.2, 0.25) is 0 Å². The molecule has 1 heterocycles. The highest BCUT2D eigenvalue weighted by atomic mass is 32.1. The van der Waals surface area contributed by atoms with E-state index in [2.05, 4.69) is 67.9 Å². The van der Waals surface area contributed by atoms with Gasteiger partial charge in [-0.25, -0.2) is 0 Å². The number of hydrogen-bond donors (Lipinski definition) is 1. The minimum atomic E-state index is 0.399. The average molecular weight is 301 g/mol. The van der Waals surface area contributed by atoms with E-state index in [9.17, 15) is 0 Å². The first-order chi connectivity index (χ1) is 10.2. The molecule has 1 nitrogen and oxygen atoms in total. The lowest BCUT2D eigenvalue weighted by Gasteiger charge is -2.22. The third kappa shape index (κ3) is 4.89. The Morgan fingerprint density at radius 3 is 2.38 bits per heavy atom. The predicted octanol–water partition coefficient (Wildman–Crippen LogP) is 6.29. The van der Waals surface area contributed by atoms with Gasteiger partial charge in [-0.3, -0.25) is 0 Å². The molecule has 2 heteroatoms. The van der Waals surface area contributed by atoms with Gasteiger partial charge in [0.05, 0.1) is 6.04 Å². The standard InChI is InChI=1S/C19H27NS/c1-4-5-6-8-16-10-12-17(13-11-16)20-19(15(2)3)18-9-7-14-21-18/h7,9-15,19-20H,4-6,8H2,1-3H3. The van der Waals surface area contributed by atoms with Crippen LogP contribution < -0.4 is 5.32 Å². The second-order valence-electron chi connectivity index (χ2n) is 6.04. The van der Waals surface area contributed by atoms with Gasteiger partial charge in [0, 0.05) is 10.6 Å². The van der Waals surface area contributed by atoms with Gasteiger partial charge in [-0.1, -0.05) is 51.8 Å². The van der Waals surface area contributed by atoms with Gasteiger partial charge in [0.1, 0.15) is 0 Å². The first kappa shape index (κ1) is 16.1. The first-order valence-electron chi connectivity index (χ1n) is 8.09. The number of benzene rings is 1. The predicted molar refractivity (Wildman–Crippen MR) is 95.2 cm³/mol. The molecule has 0 fully saturated rings. The molecular weight excluding hydrogens is 274 g/mol. The lowest BCUT2D eigenvalue weighted by atomic mass is 10.0. The van der Waals surface area contributed by atoms with Crippen LogP contribution in [0.1, 0.15) is 56.5 Å². The normalized spacial score (nSPS) is 12.6. The Bertz CT molecular complexity index is 499. The van der Waals surface area contributed by atoms with E-state index in [1.165, 1.54) is 41.8 Å². The molecule has 1 N–H and O–H groups in total. The van der Waals surface area contributed by atoms with Crippen LogP contribution in [0.4, 0.5) is 5.69 Å². The van der Waals surface area contributed by atoms with Gasteiger partial charge in [-0.05, 0) is 47.9 Å². The fourth-order valence-corrected chi connectivity index (χ4v) is 3.51. The van der Waals surface area contributed by atoms with E-state index < -0.39 is 0 Å². The minimum absolute atomic E-state index is 0.399. The highest BCUT2D eigenvalue weighted by Crippen LogP contribution is 2.29. The van der Waals surface area contributed by atoms with Crippen LogP contribution in [0.15, 0.2) is 41.8 Å². The molecule has 0 bridgehead atoms. The molecule has 2 rings (SSSR count). The molecule has 0 aliphatic heterocycles. The molecule has 1 atom stereocenters. The summed E-state index contributed by atoms with van der Waals surface area (Å²) < 4.78 is 0. The van der Waals surface area contributed by atoms with Crippen molar-refractivity contribution in [1.82, 2.24) is 0 Å². The van der Waals surface area contributed by atoms with E-state index >= 15 is 0 Å². The van der Waals surface area contributed by atoms with Crippen molar-refractivity contribution >= 4 is 17.0 Å². The summed E-state index contributed by atoms with van der Waals surface area (Å²) in [6, 6.07) is 13.7. The summed E-state index contributed by atoms with van der Waals surface area (Å²) in [5.74, 6) is 0.577. The highest BCUT2D eigenvalue weighted by molar-refractivity contribution is 7.10. The summed E-state index contributed by atoms with van der Waals surface area (Å²) in [5, 5.41) is 5.84. The Hall–Kier alpha value is -1.28. The van der Waals surface area contributed by atoms with Crippen LogP contribution in [-0.2, 0) is 6.42 Å². The third-order valence-corrected chi connectivity index (χ3v) is 4.82. The highest BCUT2D eigenvalue weighted by Gasteiger charge is 2.16. The molecule has 1 aromatic heterocycles. The summed E-state index contributed by atoms with van der Waals surface area (Å²) in [5.41, 5.74) is 2.67. The van der Waals surface area contributed by atoms with E-state index in [1.807, 2.05) is 11.3 Å². The second kappa shape index (κ2) is 8.23. The van der Waals surface area contributed by atoms with Crippen LogP contribution in [0.25, 0.3) is 0 Å². The van der Waals surface area contributed by atoms with E-state index in [-0.39, 0.29) is 0 Å². The van der Waals surface area contributed by atoms with Crippen molar-refractivity contribution in [2.75, 3.05) is 5.32 Å². The van der Waals surface area contributed by atoms with Crippen molar-refractivity contribution in [2.45, 2.75) is 52.5 Å². The van der Waals surface area contributed by atoms with Crippen molar-refractivity contribution < 1.29 is 0 Å². The largest absolute Gasteiger partial charge is 0.377 e. The van der Waals surface area contributed by atoms with Gasteiger partial charge in [0.15, 0.2) is 0 Å². The van der Waals surface area contributed by atoms with Gasteiger partial charge in [-0.15, -0.1) is 11.3 Å². The summed E-state index contributed by atoms with van der Waals surface area (Å²) in [7, 11) is 0. The van der Waals surface area contributed by atoms with Crippen LogP contribution in [0.5, 0.6) is 0 Å². The van der Waals surface area contributed by atoms with E-state index in [0.29, 0.717) is 12.0 Å². The summed E-state index contributed by atoms with van der Waals surface area (Å²) in [6.07, 6.45) is 5.12. The molecular formula is C19H27NS. The molecule has 0 aliphatic rings. The Kier molecular flexibility index (Phi) is 6.31. The van der Waals surface area contributed by atoms with Crippen molar-refractivity contribution in [2.24, 2.45) is 5.92 Å². The van der Waals surface area contributed by atoms with Crippen molar-refractivity contribution in [3.63, 3.8) is 0 Å². The monoisotopic (exact) mass is 301 g/mol. The topological polar surface area (TPSA) is 12.0 Å². The lowest BCUT2D eigenvalue weighted by Crippen LogP contribution is -2.15. The zero-order valence-corrected chi connectivity index (χ0v) is 14.2. The molecule has 0 saturated heterocycles. The zero-order valence-electron chi connectivity index (χ0n) is 13.4. The Balaban J connectivity index is 1.98. The van der Waals surface area contributed by atoms with Crippen molar-refractivity contribution in [3.8, 4) is 0 Å². The maximum absolute atomic E-state index is 3.69. The van der Waals surface area contributed by atoms with Gasteiger partial charge >= 0.3 is 0 Å². The van der Waals surface area contributed by atoms with Crippen molar-refractivity contribution in [1.29, 1.82) is 0 Å². The van der Waals surface area contributed by atoms with Crippen LogP contribution >= 0.6 is 11.3 Å². The summed E-state index contributed by atoms with van der Waals surface area (Å²) in [6.45, 7) is 6.80. The Labute approximate surface area is 133 Å². The van der Waals surface area contributed by atoms with Crippen LogP contribution in [-0.4, -0.2) is 0 Å². The summed E-state index contributed by atoms with van der Waals surface area (Å²) in [4.78, 5) is 1.41. The maximum Gasteiger partial charge on any atom is 0.0629 e. The van der Waals surface area contributed by atoms with Crippen LogP contribution in [0, 0.1) is 5.92 Å². The first-order valence-corrected chi connectivity index (χ1v) is 8.97. The van der Waals surface area contributed by atoms with E-state index in [4.69, 9.17) is 0 Å². The molecule has 1 unspecified atom stereocenters. The van der Waals surface area contributed by atoms with Gasteiger partial charge in [-0.2, -0.15) is 0 Å². The molecule has 0 saturated carbocycles. The van der Waals surface area contributed by atoms with Crippen molar-refractivity contribution in [3.05, 3.63) is 52.2 Å². The second-order valence-corrected chi connectivity index (χ2v) is 7.01. The Morgan fingerprint density at radius 1 is 1.05 bits per heavy atom. The van der Waals surface area contributed by atoms with Gasteiger partial charge < -0.3 is 5.32 Å². The molecule has 2 aromatic rings.